The van der Waals surface area contributed by atoms with Crippen molar-refractivity contribution in [3.8, 4) is 11.6 Å². The third-order valence-electron chi connectivity index (χ3n) is 1.67. The van der Waals surface area contributed by atoms with Crippen LogP contribution in [0.2, 0.25) is 0 Å². The predicted octanol–water partition coefficient (Wildman–Crippen LogP) is 1.99. The summed E-state index contributed by atoms with van der Waals surface area (Å²) in [6.07, 6.45) is 3.14. The molecule has 0 saturated heterocycles. The van der Waals surface area contributed by atoms with E-state index in [-0.39, 0.29) is 6.61 Å². The molecule has 0 fully saturated rings. The Morgan fingerprint density at radius 3 is 2.93 bits per heavy atom. The smallest absolute Gasteiger partial charge is 0.246 e. The fourth-order valence-corrected chi connectivity index (χ4v) is 1.46. The zero-order valence-corrected chi connectivity index (χ0v) is 8.73. The number of nitrogens with zero attached hydrogens (tertiary/aromatic N) is 2. The molecule has 0 amide bonds. The lowest BCUT2D eigenvalue weighted by molar-refractivity contribution is 0.248. The van der Waals surface area contributed by atoms with Gasteiger partial charge in [0, 0.05) is 10.7 Å². The van der Waals surface area contributed by atoms with Crippen molar-refractivity contribution >= 4 is 15.9 Å². The van der Waals surface area contributed by atoms with Crippen molar-refractivity contribution in [2.45, 2.75) is 6.61 Å². The van der Waals surface area contributed by atoms with Gasteiger partial charge in [0.2, 0.25) is 5.89 Å². The van der Waals surface area contributed by atoms with Gasteiger partial charge in [0.1, 0.15) is 18.1 Å². The van der Waals surface area contributed by atoms with Crippen LogP contribution < -0.4 is 0 Å². The van der Waals surface area contributed by atoms with Crippen molar-refractivity contribution < 1.29 is 9.52 Å². The molecule has 72 valence electrons. The summed E-state index contributed by atoms with van der Waals surface area (Å²) in [6, 6.07) is 3.66. The summed E-state index contributed by atoms with van der Waals surface area (Å²) in [7, 11) is 0. The van der Waals surface area contributed by atoms with Crippen molar-refractivity contribution in [2.24, 2.45) is 0 Å². The Bertz CT molecular complexity index is 442. The van der Waals surface area contributed by atoms with Gasteiger partial charge in [-0.2, -0.15) is 0 Å². The van der Waals surface area contributed by atoms with Gasteiger partial charge in [0.15, 0.2) is 0 Å². The number of hydrogen-bond acceptors (Lipinski definition) is 4. The lowest BCUT2D eigenvalue weighted by atomic mass is 10.3. The summed E-state index contributed by atoms with van der Waals surface area (Å²) in [4.78, 5) is 8.11. The van der Waals surface area contributed by atoms with Crippen LogP contribution >= 0.6 is 15.9 Å². The van der Waals surface area contributed by atoms with E-state index in [1.165, 1.54) is 6.20 Å². The van der Waals surface area contributed by atoms with Crippen LogP contribution in [0.4, 0.5) is 0 Å². The lowest BCUT2D eigenvalue weighted by Gasteiger charge is -1.96. The molecular weight excluding hydrogens is 248 g/mol. The van der Waals surface area contributed by atoms with Crippen LogP contribution in [0.1, 0.15) is 5.76 Å². The quantitative estimate of drug-likeness (QED) is 0.891. The second kappa shape index (κ2) is 3.89. The lowest BCUT2D eigenvalue weighted by Crippen LogP contribution is -1.83. The maximum absolute atomic E-state index is 8.80. The SMILES string of the molecule is OCc1cnc(-c2ncccc2Br)o1. The van der Waals surface area contributed by atoms with Crippen molar-refractivity contribution in [3.05, 3.63) is 34.8 Å². The second-order valence-corrected chi connectivity index (χ2v) is 3.48. The van der Waals surface area contributed by atoms with Crippen LogP contribution in [-0.2, 0) is 6.61 Å². The van der Waals surface area contributed by atoms with Gasteiger partial charge in [-0.25, -0.2) is 9.97 Å². The average Bonchev–Trinajstić information content (AvgIpc) is 2.67. The molecule has 2 rings (SSSR count). The van der Waals surface area contributed by atoms with Gasteiger partial charge in [0.05, 0.1) is 6.20 Å². The van der Waals surface area contributed by atoms with E-state index in [1.807, 2.05) is 12.1 Å². The van der Waals surface area contributed by atoms with Crippen LogP contribution in [0, 0.1) is 0 Å². The second-order valence-electron chi connectivity index (χ2n) is 2.62. The highest BCUT2D eigenvalue weighted by atomic mass is 79.9. The number of hydrogen-bond donors (Lipinski definition) is 1. The minimum Gasteiger partial charge on any atom is -0.437 e. The third-order valence-corrected chi connectivity index (χ3v) is 2.31. The van der Waals surface area contributed by atoms with Crippen LogP contribution in [0.25, 0.3) is 11.6 Å². The number of aromatic nitrogens is 2. The summed E-state index contributed by atoms with van der Waals surface area (Å²) in [6.45, 7) is -0.155. The Kier molecular flexibility index (Phi) is 2.60. The molecule has 0 aliphatic carbocycles. The number of pyridine rings is 1. The summed E-state index contributed by atoms with van der Waals surface area (Å²) in [5.41, 5.74) is 0.632. The number of aliphatic hydroxyl groups is 1. The zero-order valence-electron chi connectivity index (χ0n) is 7.14. The first kappa shape index (κ1) is 9.36. The maximum atomic E-state index is 8.80. The highest BCUT2D eigenvalue weighted by molar-refractivity contribution is 9.10. The molecule has 5 heteroatoms. The molecule has 2 aromatic rings. The minimum absolute atomic E-state index is 0.155. The Morgan fingerprint density at radius 2 is 2.29 bits per heavy atom. The number of halogens is 1. The molecule has 0 bridgehead atoms. The van der Waals surface area contributed by atoms with Gasteiger partial charge in [0.25, 0.3) is 0 Å². The Hall–Kier alpha value is -1.20. The highest BCUT2D eigenvalue weighted by Crippen LogP contribution is 2.24. The molecule has 0 saturated carbocycles. The van der Waals surface area contributed by atoms with E-state index < -0.39 is 0 Å². The molecule has 14 heavy (non-hydrogen) atoms. The molecule has 2 aromatic heterocycles. The van der Waals surface area contributed by atoms with Crippen LogP contribution in [0.3, 0.4) is 0 Å². The average molecular weight is 255 g/mol. The Morgan fingerprint density at radius 1 is 1.43 bits per heavy atom. The normalized spacial score (nSPS) is 10.4. The fraction of sp³-hybridized carbons (Fsp3) is 0.111. The van der Waals surface area contributed by atoms with Gasteiger partial charge in [-0.05, 0) is 28.1 Å². The van der Waals surface area contributed by atoms with E-state index in [0.717, 1.165) is 4.47 Å². The van der Waals surface area contributed by atoms with E-state index in [4.69, 9.17) is 9.52 Å². The molecule has 0 radical (unpaired) electrons. The van der Waals surface area contributed by atoms with Gasteiger partial charge in [-0.1, -0.05) is 0 Å². The molecule has 0 atom stereocenters. The third kappa shape index (κ3) is 1.69. The predicted molar refractivity (Wildman–Crippen MR) is 53.4 cm³/mol. The number of aliphatic hydroxyl groups excluding tert-OH is 1. The standard InChI is InChI=1S/C9H7BrN2O2/c10-7-2-1-3-11-8(7)9-12-4-6(5-13)14-9/h1-4,13H,5H2. The fourth-order valence-electron chi connectivity index (χ4n) is 1.03. The van der Waals surface area contributed by atoms with Crippen LogP contribution in [0.5, 0.6) is 0 Å². The van der Waals surface area contributed by atoms with Crippen molar-refractivity contribution in [3.63, 3.8) is 0 Å². The van der Waals surface area contributed by atoms with Gasteiger partial charge in [-0.3, -0.25) is 0 Å². The largest absolute Gasteiger partial charge is 0.437 e. The molecule has 4 nitrogen and oxygen atoms in total. The van der Waals surface area contributed by atoms with E-state index in [1.54, 1.807) is 6.20 Å². The first-order valence-corrected chi connectivity index (χ1v) is 4.77. The monoisotopic (exact) mass is 254 g/mol. The van der Waals surface area contributed by atoms with E-state index in [0.29, 0.717) is 17.3 Å². The van der Waals surface area contributed by atoms with Gasteiger partial charge >= 0.3 is 0 Å². The summed E-state index contributed by atoms with van der Waals surface area (Å²) < 4.78 is 6.06. The molecular formula is C9H7BrN2O2. The Balaban J connectivity index is 2.44. The molecule has 2 heterocycles. The van der Waals surface area contributed by atoms with Crippen LogP contribution in [0.15, 0.2) is 33.4 Å². The minimum atomic E-state index is -0.155. The summed E-state index contributed by atoms with van der Waals surface area (Å²) in [5, 5.41) is 8.80. The topological polar surface area (TPSA) is 59.2 Å². The molecule has 0 spiro atoms. The summed E-state index contributed by atoms with van der Waals surface area (Å²) >= 11 is 3.34. The molecule has 1 N–H and O–H groups in total. The van der Waals surface area contributed by atoms with Crippen molar-refractivity contribution in [1.29, 1.82) is 0 Å². The van der Waals surface area contributed by atoms with E-state index in [2.05, 4.69) is 25.9 Å². The van der Waals surface area contributed by atoms with Crippen molar-refractivity contribution in [2.75, 3.05) is 0 Å². The number of rotatable bonds is 2. The van der Waals surface area contributed by atoms with Crippen LogP contribution in [-0.4, -0.2) is 15.1 Å². The summed E-state index contributed by atoms with van der Waals surface area (Å²) in [5.74, 6) is 0.832. The highest BCUT2D eigenvalue weighted by Gasteiger charge is 2.10. The van der Waals surface area contributed by atoms with Crippen molar-refractivity contribution in [1.82, 2.24) is 9.97 Å². The van der Waals surface area contributed by atoms with E-state index in [9.17, 15) is 0 Å². The molecule has 0 aliphatic rings. The van der Waals surface area contributed by atoms with E-state index >= 15 is 0 Å². The Labute approximate surface area is 88.7 Å². The van der Waals surface area contributed by atoms with Gasteiger partial charge < -0.3 is 9.52 Å². The molecule has 0 aliphatic heterocycles. The first-order valence-electron chi connectivity index (χ1n) is 3.97. The number of oxazole rings is 1. The molecule has 0 unspecified atom stereocenters. The van der Waals surface area contributed by atoms with Gasteiger partial charge in [-0.15, -0.1) is 0 Å². The first-order chi connectivity index (χ1) is 6.81. The zero-order chi connectivity index (χ0) is 9.97. The maximum Gasteiger partial charge on any atom is 0.246 e. The molecule has 0 aromatic carbocycles.